The zero-order chi connectivity index (χ0) is 17.4. The first-order chi connectivity index (χ1) is 12.2. The molecule has 1 aliphatic heterocycles. The predicted molar refractivity (Wildman–Crippen MR) is 96.1 cm³/mol. The van der Waals surface area contributed by atoms with E-state index < -0.39 is 0 Å². The highest BCUT2D eigenvalue weighted by Gasteiger charge is 2.31. The van der Waals surface area contributed by atoms with Crippen LogP contribution < -0.4 is 4.90 Å². The summed E-state index contributed by atoms with van der Waals surface area (Å²) in [4.78, 5) is 29.4. The molecule has 1 amide bonds. The van der Waals surface area contributed by atoms with Crippen LogP contribution in [-0.2, 0) is 9.59 Å². The number of amides is 1. The summed E-state index contributed by atoms with van der Waals surface area (Å²) in [6.45, 7) is 0.0189. The third-order valence-corrected chi connectivity index (χ3v) is 4.30. The number of nitrogens with zero attached hydrogens (tertiary/aromatic N) is 2. The van der Waals surface area contributed by atoms with Gasteiger partial charge >= 0.3 is 0 Å². The topological polar surface area (TPSA) is 70.5 Å². The molecule has 1 aromatic heterocycles. The van der Waals surface area contributed by atoms with E-state index in [1.54, 1.807) is 30.5 Å². The van der Waals surface area contributed by atoms with Crippen molar-refractivity contribution in [1.29, 1.82) is 0 Å². The molecule has 5 nitrogen and oxygen atoms in total. The van der Waals surface area contributed by atoms with Crippen molar-refractivity contribution in [3.05, 3.63) is 65.9 Å². The predicted octanol–water partition coefficient (Wildman–Crippen LogP) is 3.03. The van der Waals surface area contributed by atoms with E-state index in [0.29, 0.717) is 11.1 Å². The molecule has 0 fully saturated rings. The van der Waals surface area contributed by atoms with Gasteiger partial charge < -0.3 is 14.8 Å². The van der Waals surface area contributed by atoms with Crippen LogP contribution in [0.25, 0.3) is 22.6 Å². The minimum Gasteiger partial charge on any atom is -0.506 e. The fourth-order valence-corrected chi connectivity index (χ4v) is 3.16. The van der Waals surface area contributed by atoms with Gasteiger partial charge in [0, 0.05) is 22.7 Å². The number of phenolic OH excluding ortho intramolecular Hbond substituents is 1. The maximum atomic E-state index is 12.8. The average molecular weight is 330 g/mol. The Labute approximate surface area is 143 Å². The van der Waals surface area contributed by atoms with Gasteiger partial charge in [0.25, 0.3) is 5.91 Å². The van der Waals surface area contributed by atoms with Gasteiger partial charge in [-0.3, -0.25) is 9.78 Å². The maximum Gasteiger partial charge on any atom is 0.259 e. The van der Waals surface area contributed by atoms with Crippen LogP contribution in [0.1, 0.15) is 11.1 Å². The first-order valence-electron chi connectivity index (χ1n) is 7.84. The van der Waals surface area contributed by atoms with Crippen LogP contribution >= 0.6 is 0 Å². The Morgan fingerprint density at radius 1 is 1.08 bits per heavy atom. The second-order valence-corrected chi connectivity index (χ2v) is 5.73. The van der Waals surface area contributed by atoms with E-state index in [4.69, 9.17) is 0 Å². The molecular weight excluding hydrogens is 316 g/mol. The number of hydrogen-bond donors (Lipinski definition) is 1. The molecule has 5 heteroatoms. The molecule has 0 saturated heterocycles. The van der Waals surface area contributed by atoms with E-state index in [-0.39, 0.29) is 18.2 Å². The highest BCUT2D eigenvalue weighted by Crippen LogP contribution is 2.38. The molecular formula is C20H14N2O3. The summed E-state index contributed by atoms with van der Waals surface area (Å²) in [7, 11) is 0. The van der Waals surface area contributed by atoms with Gasteiger partial charge in [-0.25, -0.2) is 0 Å². The molecule has 25 heavy (non-hydrogen) atoms. The summed E-state index contributed by atoms with van der Waals surface area (Å²) in [6, 6.07) is 14.4. The molecule has 2 heterocycles. The van der Waals surface area contributed by atoms with Crippen molar-refractivity contribution in [2.24, 2.45) is 0 Å². The maximum absolute atomic E-state index is 12.8. The van der Waals surface area contributed by atoms with Crippen LogP contribution in [-0.4, -0.2) is 28.8 Å². The Bertz CT molecular complexity index is 1040. The largest absolute Gasteiger partial charge is 0.506 e. The number of aromatic nitrogens is 1. The van der Waals surface area contributed by atoms with Gasteiger partial charge in [-0.1, -0.05) is 30.3 Å². The lowest BCUT2D eigenvalue weighted by Gasteiger charge is -2.12. The van der Waals surface area contributed by atoms with E-state index in [1.165, 1.54) is 4.90 Å². The lowest BCUT2D eigenvalue weighted by atomic mass is 10.0. The van der Waals surface area contributed by atoms with Gasteiger partial charge in [-0.15, -0.1) is 0 Å². The molecule has 0 aliphatic carbocycles. The first kappa shape index (κ1) is 15.1. The number of rotatable bonds is 3. The van der Waals surface area contributed by atoms with Crippen LogP contribution in [0.3, 0.4) is 0 Å². The normalized spacial score (nSPS) is 15.0. The van der Waals surface area contributed by atoms with E-state index in [1.807, 2.05) is 30.3 Å². The molecule has 0 bridgehead atoms. The van der Waals surface area contributed by atoms with Crippen LogP contribution in [0.15, 0.2) is 54.7 Å². The summed E-state index contributed by atoms with van der Waals surface area (Å²) in [5.74, 6) is -0.114. The number of pyridine rings is 1. The highest BCUT2D eigenvalue weighted by molar-refractivity contribution is 6.36. The number of anilines is 1. The number of fused-ring (bicyclic) bond motifs is 2. The molecule has 0 spiro atoms. The van der Waals surface area contributed by atoms with E-state index in [2.05, 4.69) is 4.98 Å². The standard InChI is InChI=1S/C20H14N2O3/c23-11-10-22-17-6-2-1-4-15(17)16(20(22)25)12-13-7-8-18(24)19-14(13)5-3-9-21-19/h1-9,11-12,24H,10H2. The highest BCUT2D eigenvalue weighted by atomic mass is 16.3. The lowest BCUT2D eigenvalue weighted by molar-refractivity contribution is -0.114. The number of hydrogen-bond acceptors (Lipinski definition) is 4. The number of para-hydroxylation sites is 1. The number of benzene rings is 2. The van der Waals surface area contributed by atoms with Crippen molar-refractivity contribution >= 4 is 40.4 Å². The quantitative estimate of drug-likeness (QED) is 0.592. The molecule has 1 aliphatic rings. The van der Waals surface area contributed by atoms with Crippen molar-refractivity contribution in [3.8, 4) is 5.75 Å². The fourth-order valence-electron chi connectivity index (χ4n) is 3.16. The van der Waals surface area contributed by atoms with Crippen LogP contribution in [0.2, 0.25) is 0 Å². The Hall–Kier alpha value is -3.47. The van der Waals surface area contributed by atoms with Gasteiger partial charge in [0.05, 0.1) is 12.2 Å². The van der Waals surface area contributed by atoms with Crippen molar-refractivity contribution < 1.29 is 14.7 Å². The lowest BCUT2D eigenvalue weighted by Crippen LogP contribution is -2.28. The molecule has 0 radical (unpaired) electrons. The van der Waals surface area contributed by atoms with Crippen LogP contribution in [0.5, 0.6) is 5.75 Å². The number of carbonyl (C=O) groups is 2. The number of phenols is 1. The van der Waals surface area contributed by atoms with Crippen molar-refractivity contribution in [2.75, 3.05) is 11.4 Å². The van der Waals surface area contributed by atoms with Gasteiger partial charge in [0.15, 0.2) is 0 Å². The molecule has 3 aromatic rings. The Kier molecular flexibility index (Phi) is 3.54. The molecule has 4 rings (SSSR count). The fraction of sp³-hybridized carbons (Fsp3) is 0.0500. The SMILES string of the molecule is O=CCN1C(=O)C(=Cc2ccc(O)c3ncccc23)c2ccccc21. The molecule has 0 atom stereocenters. The molecule has 2 aromatic carbocycles. The van der Waals surface area contributed by atoms with Crippen molar-refractivity contribution in [2.45, 2.75) is 0 Å². The molecule has 122 valence electrons. The summed E-state index contributed by atoms with van der Waals surface area (Å²) in [5, 5.41) is 10.7. The Morgan fingerprint density at radius 3 is 2.76 bits per heavy atom. The van der Waals surface area contributed by atoms with Gasteiger partial charge in [0.2, 0.25) is 0 Å². The Morgan fingerprint density at radius 2 is 1.92 bits per heavy atom. The minimum atomic E-state index is -0.210. The van der Waals surface area contributed by atoms with E-state index in [0.717, 1.165) is 28.5 Å². The summed E-state index contributed by atoms with van der Waals surface area (Å²) >= 11 is 0. The third-order valence-electron chi connectivity index (χ3n) is 4.30. The summed E-state index contributed by atoms with van der Waals surface area (Å²) < 4.78 is 0. The van der Waals surface area contributed by atoms with Gasteiger partial charge in [0.1, 0.15) is 17.6 Å². The zero-order valence-corrected chi connectivity index (χ0v) is 13.2. The second-order valence-electron chi connectivity index (χ2n) is 5.73. The molecule has 1 N–H and O–H groups in total. The Balaban J connectivity index is 1.92. The van der Waals surface area contributed by atoms with E-state index in [9.17, 15) is 14.7 Å². The minimum absolute atomic E-state index is 0.0189. The summed E-state index contributed by atoms with van der Waals surface area (Å²) in [6.07, 6.45) is 4.12. The monoisotopic (exact) mass is 330 g/mol. The summed E-state index contributed by atoms with van der Waals surface area (Å²) in [5.41, 5.74) is 3.31. The van der Waals surface area contributed by atoms with E-state index >= 15 is 0 Å². The number of aromatic hydroxyl groups is 1. The smallest absolute Gasteiger partial charge is 0.259 e. The second kappa shape index (κ2) is 5.87. The molecule has 0 unspecified atom stereocenters. The molecule has 0 saturated carbocycles. The first-order valence-corrected chi connectivity index (χ1v) is 7.84. The van der Waals surface area contributed by atoms with Crippen LogP contribution in [0.4, 0.5) is 5.69 Å². The number of carbonyl (C=O) groups excluding carboxylic acids is 2. The third kappa shape index (κ3) is 2.37. The van der Waals surface area contributed by atoms with Crippen molar-refractivity contribution in [3.63, 3.8) is 0 Å². The zero-order valence-electron chi connectivity index (χ0n) is 13.2. The average Bonchev–Trinajstić information content (AvgIpc) is 2.90. The number of aldehydes is 1. The van der Waals surface area contributed by atoms with Crippen molar-refractivity contribution in [1.82, 2.24) is 4.98 Å². The van der Waals surface area contributed by atoms with Gasteiger partial charge in [-0.05, 0) is 29.8 Å². The van der Waals surface area contributed by atoms with Crippen LogP contribution in [0, 0.1) is 0 Å². The van der Waals surface area contributed by atoms with Gasteiger partial charge in [-0.2, -0.15) is 0 Å².